The minimum Gasteiger partial charge on any atom is -0.294 e. The van der Waals surface area contributed by atoms with Crippen LogP contribution in [-0.4, -0.2) is 14.5 Å². The molecule has 20 heavy (non-hydrogen) atoms. The van der Waals surface area contributed by atoms with Crippen LogP contribution in [0.1, 0.15) is 11.3 Å². The van der Waals surface area contributed by atoms with Crippen LogP contribution >= 0.6 is 0 Å². The number of H-pyrrole nitrogens is 1. The lowest BCUT2D eigenvalue weighted by molar-refractivity contribution is 0.701. The number of benzene rings is 1. The highest BCUT2D eigenvalue weighted by Gasteiger charge is 2.03. The number of aryl methyl sites for hydroxylation is 1. The molecule has 0 amide bonds. The third-order valence-electron chi connectivity index (χ3n) is 3.18. The van der Waals surface area contributed by atoms with Crippen molar-refractivity contribution in [3.05, 3.63) is 74.7 Å². The summed E-state index contributed by atoms with van der Waals surface area (Å²) in [6.07, 6.45) is 1.55. The SMILES string of the molecule is Cc1cn(Cc2ccc3ccccc3n2)c(=O)[nH]c1=O. The summed E-state index contributed by atoms with van der Waals surface area (Å²) in [5, 5.41) is 1.06. The predicted molar refractivity (Wildman–Crippen MR) is 76.9 cm³/mol. The Bertz CT molecular complexity index is 893. The third kappa shape index (κ3) is 2.25. The number of fused-ring (bicyclic) bond motifs is 1. The molecule has 3 aromatic rings. The summed E-state index contributed by atoms with van der Waals surface area (Å²) in [5.74, 6) is 0. The fourth-order valence-electron chi connectivity index (χ4n) is 2.11. The first-order valence-electron chi connectivity index (χ1n) is 6.28. The molecule has 0 aliphatic carbocycles. The molecule has 0 aliphatic heterocycles. The summed E-state index contributed by atoms with van der Waals surface area (Å²) < 4.78 is 1.45. The van der Waals surface area contributed by atoms with E-state index in [9.17, 15) is 9.59 Å². The van der Waals surface area contributed by atoms with E-state index >= 15 is 0 Å². The van der Waals surface area contributed by atoms with Crippen molar-refractivity contribution in [2.24, 2.45) is 0 Å². The Hall–Kier alpha value is -2.69. The van der Waals surface area contributed by atoms with Crippen LogP contribution in [0.15, 0.2) is 52.2 Å². The number of para-hydroxylation sites is 1. The molecule has 0 aliphatic rings. The molecule has 0 unspecified atom stereocenters. The van der Waals surface area contributed by atoms with E-state index < -0.39 is 5.69 Å². The zero-order chi connectivity index (χ0) is 14.1. The first kappa shape index (κ1) is 12.3. The lowest BCUT2D eigenvalue weighted by Gasteiger charge is -2.06. The van der Waals surface area contributed by atoms with Crippen LogP contribution < -0.4 is 11.2 Å². The van der Waals surface area contributed by atoms with Crippen molar-refractivity contribution in [2.45, 2.75) is 13.5 Å². The number of hydrogen-bond donors (Lipinski definition) is 1. The van der Waals surface area contributed by atoms with E-state index in [1.54, 1.807) is 13.1 Å². The van der Waals surface area contributed by atoms with Gasteiger partial charge in [-0.2, -0.15) is 0 Å². The molecule has 0 bridgehead atoms. The average Bonchev–Trinajstić information content (AvgIpc) is 2.44. The standard InChI is InChI=1S/C15H13N3O2/c1-10-8-18(15(20)17-14(10)19)9-12-7-6-11-4-2-3-5-13(11)16-12/h2-8H,9H2,1H3,(H,17,19,20). The molecular weight excluding hydrogens is 254 g/mol. The highest BCUT2D eigenvalue weighted by Crippen LogP contribution is 2.12. The number of nitrogens with zero attached hydrogens (tertiary/aromatic N) is 2. The van der Waals surface area contributed by atoms with Crippen molar-refractivity contribution in [1.29, 1.82) is 0 Å². The predicted octanol–water partition coefficient (Wildman–Crippen LogP) is 1.44. The maximum Gasteiger partial charge on any atom is 0.328 e. The number of pyridine rings is 1. The molecule has 0 fully saturated rings. The van der Waals surface area contributed by atoms with Gasteiger partial charge in [-0.05, 0) is 19.1 Å². The average molecular weight is 267 g/mol. The summed E-state index contributed by atoms with van der Waals surface area (Å²) in [7, 11) is 0. The summed E-state index contributed by atoms with van der Waals surface area (Å²) >= 11 is 0. The van der Waals surface area contributed by atoms with E-state index in [-0.39, 0.29) is 5.56 Å². The van der Waals surface area contributed by atoms with Gasteiger partial charge < -0.3 is 0 Å². The topological polar surface area (TPSA) is 67.8 Å². The zero-order valence-electron chi connectivity index (χ0n) is 11.0. The fraction of sp³-hybridized carbons (Fsp3) is 0.133. The highest BCUT2D eigenvalue weighted by atomic mass is 16.2. The Balaban J connectivity index is 2.03. The maximum atomic E-state index is 11.7. The number of rotatable bonds is 2. The largest absolute Gasteiger partial charge is 0.328 e. The van der Waals surface area contributed by atoms with Crippen LogP contribution in [0.2, 0.25) is 0 Å². The molecule has 0 radical (unpaired) electrons. The van der Waals surface area contributed by atoms with Crippen LogP contribution in [0.25, 0.3) is 10.9 Å². The minimum atomic E-state index is -0.421. The molecule has 0 saturated heterocycles. The van der Waals surface area contributed by atoms with E-state index in [0.717, 1.165) is 16.6 Å². The van der Waals surface area contributed by atoms with E-state index in [0.29, 0.717) is 12.1 Å². The quantitative estimate of drug-likeness (QED) is 0.764. The second-order valence-corrected chi connectivity index (χ2v) is 4.69. The Kier molecular flexibility index (Phi) is 2.95. The number of hydrogen-bond acceptors (Lipinski definition) is 3. The highest BCUT2D eigenvalue weighted by molar-refractivity contribution is 5.78. The molecule has 100 valence electrons. The molecule has 0 saturated carbocycles. The number of nitrogens with one attached hydrogen (secondary N) is 1. The van der Waals surface area contributed by atoms with Gasteiger partial charge >= 0.3 is 5.69 Å². The third-order valence-corrected chi connectivity index (χ3v) is 3.18. The Morgan fingerprint density at radius 3 is 2.80 bits per heavy atom. The zero-order valence-corrected chi connectivity index (χ0v) is 11.0. The van der Waals surface area contributed by atoms with Crippen LogP contribution in [0.5, 0.6) is 0 Å². The summed E-state index contributed by atoms with van der Waals surface area (Å²) in [6, 6.07) is 11.7. The molecule has 0 spiro atoms. The van der Waals surface area contributed by atoms with E-state index in [1.165, 1.54) is 4.57 Å². The van der Waals surface area contributed by atoms with Gasteiger partial charge in [0.15, 0.2) is 0 Å². The van der Waals surface area contributed by atoms with Gasteiger partial charge in [-0.1, -0.05) is 24.3 Å². The molecule has 2 heterocycles. The van der Waals surface area contributed by atoms with Gasteiger partial charge in [-0.3, -0.25) is 19.3 Å². The lowest BCUT2D eigenvalue weighted by atomic mass is 10.2. The Morgan fingerprint density at radius 1 is 1.15 bits per heavy atom. The van der Waals surface area contributed by atoms with Crippen LogP contribution in [0, 0.1) is 6.92 Å². The molecule has 5 nitrogen and oxygen atoms in total. The summed E-state index contributed by atoms with van der Waals surface area (Å²) in [4.78, 5) is 29.9. The molecule has 0 atom stereocenters. The summed E-state index contributed by atoms with van der Waals surface area (Å²) in [6.45, 7) is 2.00. The van der Waals surface area contributed by atoms with Gasteiger partial charge in [0, 0.05) is 17.1 Å². The van der Waals surface area contributed by atoms with Crippen LogP contribution in [0.3, 0.4) is 0 Å². The molecule has 1 N–H and O–H groups in total. The van der Waals surface area contributed by atoms with Crippen molar-refractivity contribution in [3.8, 4) is 0 Å². The smallest absolute Gasteiger partial charge is 0.294 e. The monoisotopic (exact) mass is 267 g/mol. The summed E-state index contributed by atoms with van der Waals surface area (Å²) in [5.41, 5.74) is 1.40. The Labute approximate surface area is 114 Å². The van der Waals surface area contributed by atoms with E-state index in [2.05, 4.69) is 9.97 Å². The van der Waals surface area contributed by atoms with E-state index in [1.807, 2.05) is 36.4 Å². The van der Waals surface area contributed by atoms with Gasteiger partial charge in [0.1, 0.15) is 0 Å². The Morgan fingerprint density at radius 2 is 1.95 bits per heavy atom. The van der Waals surface area contributed by atoms with Crippen molar-refractivity contribution >= 4 is 10.9 Å². The molecule has 2 aromatic heterocycles. The second-order valence-electron chi connectivity index (χ2n) is 4.69. The van der Waals surface area contributed by atoms with Gasteiger partial charge in [-0.25, -0.2) is 4.79 Å². The molecule has 5 heteroatoms. The first-order chi connectivity index (χ1) is 9.63. The maximum absolute atomic E-state index is 11.7. The van der Waals surface area contributed by atoms with Gasteiger partial charge in [0.2, 0.25) is 0 Å². The van der Waals surface area contributed by atoms with Crippen molar-refractivity contribution in [1.82, 2.24) is 14.5 Å². The van der Waals surface area contributed by atoms with Crippen LogP contribution in [0.4, 0.5) is 0 Å². The molecule has 3 rings (SSSR count). The number of aromatic nitrogens is 3. The fourth-order valence-corrected chi connectivity index (χ4v) is 2.11. The molecule has 1 aromatic carbocycles. The minimum absolute atomic E-state index is 0.335. The lowest BCUT2D eigenvalue weighted by Crippen LogP contribution is -2.31. The van der Waals surface area contributed by atoms with Gasteiger partial charge in [-0.15, -0.1) is 0 Å². The van der Waals surface area contributed by atoms with Crippen molar-refractivity contribution in [3.63, 3.8) is 0 Å². The van der Waals surface area contributed by atoms with Crippen molar-refractivity contribution < 1.29 is 0 Å². The van der Waals surface area contributed by atoms with Gasteiger partial charge in [0.05, 0.1) is 17.8 Å². The van der Waals surface area contributed by atoms with Crippen LogP contribution in [-0.2, 0) is 6.54 Å². The molecular formula is C15H13N3O2. The normalized spacial score (nSPS) is 10.8. The van der Waals surface area contributed by atoms with Crippen molar-refractivity contribution in [2.75, 3.05) is 0 Å². The number of aromatic amines is 1. The van der Waals surface area contributed by atoms with E-state index in [4.69, 9.17) is 0 Å². The first-order valence-corrected chi connectivity index (χ1v) is 6.28. The van der Waals surface area contributed by atoms with Gasteiger partial charge in [0.25, 0.3) is 5.56 Å². The second kappa shape index (κ2) is 4.77.